The van der Waals surface area contributed by atoms with Crippen molar-refractivity contribution >= 4 is 23.7 Å². The molecule has 3 aromatic carbocycles. The highest BCUT2D eigenvalue weighted by Crippen LogP contribution is 2.21. The number of nitro groups is 1. The molecule has 1 N–H and O–H groups in total. The summed E-state index contributed by atoms with van der Waals surface area (Å²) in [6.45, 7) is 0.430. The number of hydrogen-bond donors (Lipinski definition) is 1. The molecule has 8 heteroatoms. The lowest BCUT2D eigenvalue weighted by Crippen LogP contribution is -2.30. The summed E-state index contributed by atoms with van der Waals surface area (Å²) in [4.78, 5) is 36.4. The first-order chi connectivity index (χ1) is 15.5. The Labute approximate surface area is 183 Å². The zero-order valence-electron chi connectivity index (χ0n) is 16.9. The monoisotopic (exact) mass is 429 g/mol. The van der Waals surface area contributed by atoms with E-state index in [0.717, 1.165) is 16.0 Å². The highest BCUT2D eigenvalue weighted by molar-refractivity contribution is 6.13. The minimum absolute atomic E-state index is 0.0203. The largest absolute Gasteiger partial charge is 0.489 e. The molecule has 160 valence electrons. The van der Waals surface area contributed by atoms with Gasteiger partial charge in [0.1, 0.15) is 18.1 Å². The molecule has 0 radical (unpaired) electrons. The van der Waals surface area contributed by atoms with Crippen LogP contribution < -0.4 is 10.1 Å². The van der Waals surface area contributed by atoms with Crippen molar-refractivity contribution in [2.45, 2.75) is 13.2 Å². The second-order valence-corrected chi connectivity index (χ2v) is 7.15. The summed E-state index contributed by atoms with van der Waals surface area (Å²) in [7, 11) is 0. The fourth-order valence-corrected chi connectivity index (χ4v) is 3.22. The first-order valence-electron chi connectivity index (χ1n) is 9.84. The molecule has 0 saturated carbocycles. The molecule has 1 aliphatic heterocycles. The van der Waals surface area contributed by atoms with E-state index in [1.807, 2.05) is 30.3 Å². The van der Waals surface area contributed by atoms with Crippen LogP contribution in [0.25, 0.3) is 6.08 Å². The molecular weight excluding hydrogens is 410 g/mol. The van der Waals surface area contributed by atoms with Gasteiger partial charge in [-0.3, -0.25) is 19.8 Å². The summed E-state index contributed by atoms with van der Waals surface area (Å²) in [5, 5.41) is 13.4. The Bertz CT molecular complexity index is 1190. The molecule has 0 aliphatic carbocycles. The van der Waals surface area contributed by atoms with Crippen LogP contribution in [0.5, 0.6) is 5.75 Å². The molecule has 0 atom stereocenters. The average molecular weight is 429 g/mol. The molecule has 1 saturated heterocycles. The number of ether oxygens (including phenoxy) is 1. The lowest BCUT2D eigenvalue weighted by atomic mass is 10.1. The van der Waals surface area contributed by atoms with Gasteiger partial charge in [0.05, 0.1) is 11.5 Å². The average Bonchev–Trinajstić information content (AvgIpc) is 3.06. The third-order valence-electron chi connectivity index (χ3n) is 4.87. The van der Waals surface area contributed by atoms with Crippen LogP contribution in [0.4, 0.5) is 10.5 Å². The number of carbonyl (C=O) groups excluding carboxylic acids is 2. The number of benzene rings is 3. The van der Waals surface area contributed by atoms with Gasteiger partial charge in [-0.1, -0.05) is 42.5 Å². The van der Waals surface area contributed by atoms with Crippen LogP contribution in [0.3, 0.4) is 0 Å². The smallest absolute Gasteiger partial charge is 0.329 e. The molecule has 0 bridgehead atoms. The first kappa shape index (κ1) is 20.8. The van der Waals surface area contributed by atoms with Crippen molar-refractivity contribution < 1.29 is 19.2 Å². The maximum Gasteiger partial charge on any atom is 0.329 e. The predicted molar refractivity (Wildman–Crippen MR) is 117 cm³/mol. The number of non-ortho nitro benzene ring substituents is 1. The van der Waals surface area contributed by atoms with E-state index in [1.165, 1.54) is 12.1 Å². The minimum Gasteiger partial charge on any atom is -0.489 e. The Morgan fingerprint density at radius 1 is 0.938 bits per heavy atom. The third-order valence-corrected chi connectivity index (χ3v) is 4.87. The van der Waals surface area contributed by atoms with Gasteiger partial charge < -0.3 is 10.1 Å². The Morgan fingerprint density at radius 3 is 2.41 bits per heavy atom. The van der Waals surface area contributed by atoms with Crippen LogP contribution in [0.1, 0.15) is 16.7 Å². The van der Waals surface area contributed by atoms with Gasteiger partial charge in [-0.25, -0.2) is 4.79 Å². The molecule has 1 fully saturated rings. The molecule has 0 aromatic heterocycles. The van der Waals surface area contributed by atoms with Crippen molar-refractivity contribution in [1.82, 2.24) is 10.2 Å². The van der Waals surface area contributed by atoms with Crippen molar-refractivity contribution in [3.63, 3.8) is 0 Å². The van der Waals surface area contributed by atoms with Gasteiger partial charge in [0.25, 0.3) is 11.6 Å². The van der Waals surface area contributed by atoms with E-state index in [4.69, 9.17) is 4.74 Å². The minimum atomic E-state index is -0.462. The number of imide groups is 1. The zero-order valence-corrected chi connectivity index (χ0v) is 16.9. The fourth-order valence-electron chi connectivity index (χ4n) is 3.22. The maximum absolute atomic E-state index is 12.7. The molecule has 8 nitrogen and oxygen atoms in total. The van der Waals surface area contributed by atoms with Gasteiger partial charge in [0.2, 0.25) is 0 Å². The summed E-state index contributed by atoms with van der Waals surface area (Å²) in [5.74, 6) is 0.173. The van der Waals surface area contributed by atoms with E-state index >= 15 is 0 Å². The number of nitro benzene ring substituents is 1. The molecule has 1 aliphatic rings. The number of carbonyl (C=O) groups is 2. The summed E-state index contributed by atoms with van der Waals surface area (Å²) in [6, 6.07) is 22.0. The van der Waals surface area contributed by atoms with E-state index < -0.39 is 16.9 Å². The second kappa shape index (κ2) is 9.13. The van der Waals surface area contributed by atoms with Crippen molar-refractivity contribution in [2.75, 3.05) is 0 Å². The lowest BCUT2D eigenvalue weighted by molar-refractivity contribution is -0.384. The third kappa shape index (κ3) is 4.81. The SMILES string of the molecule is O=C1N/C(=C/c2cccc(OCc3ccc([N+](=O)[O-])cc3)c2)C(=O)N1Cc1ccccc1. The van der Waals surface area contributed by atoms with Crippen molar-refractivity contribution in [3.05, 3.63) is 111 Å². The van der Waals surface area contributed by atoms with Crippen molar-refractivity contribution in [1.29, 1.82) is 0 Å². The van der Waals surface area contributed by atoms with E-state index in [-0.39, 0.29) is 24.5 Å². The fraction of sp³-hybridized carbons (Fsp3) is 0.0833. The van der Waals surface area contributed by atoms with Crippen LogP contribution in [-0.2, 0) is 17.9 Å². The molecule has 3 aromatic rings. The number of amides is 3. The van der Waals surface area contributed by atoms with Crippen LogP contribution in [0, 0.1) is 10.1 Å². The Kier molecular flexibility index (Phi) is 5.94. The summed E-state index contributed by atoms with van der Waals surface area (Å²) < 4.78 is 5.76. The number of nitrogens with zero attached hydrogens (tertiary/aromatic N) is 2. The zero-order chi connectivity index (χ0) is 22.5. The van der Waals surface area contributed by atoms with Gasteiger partial charge >= 0.3 is 6.03 Å². The van der Waals surface area contributed by atoms with Crippen LogP contribution >= 0.6 is 0 Å². The van der Waals surface area contributed by atoms with Gasteiger partial charge in [-0.2, -0.15) is 0 Å². The van der Waals surface area contributed by atoms with Gasteiger partial charge in [0.15, 0.2) is 0 Å². The van der Waals surface area contributed by atoms with Crippen LogP contribution in [0.2, 0.25) is 0 Å². The molecular formula is C24H19N3O5. The quantitative estimate of drug-likeness (QED) is 0.262. The summed E-state index contributed by atoms with van der Waals surface area (Å²) in [6.07, 6.45) is 1.60. The van der Waals surface area contributed by atoms with Crippen molar-refractivity contribution in [2.24, 2.45) is 0 Å². The molecule has 32 heavy (non-hydrogen) atoms. The van der Waals surface area contributed by atoms with E-state index in [0.29, 0.717) is 11.3 Å². The number of urea groups is 1. The standard InChI is InChI=1S/C24H19N3O5/c28-23-22(25-24(29)26(23)15-17-5-2-1-3-6-17)14-19-7-4-8-21(13-19)32-16-18-9-11-20(12-10-18)27(30)31/h1-14H,15-16H2,(H,25,29)/b22-14+. The highest BCUT2D eigenvalue weighted by Gasteiger charge is 2.33. The number of nitrogens with one attached hydrogen (secondary N) is 1. The molecule has 0 unspecified atom stereocenters. The second-order valence-electron chi connectivity index (χ2n) is 7.15. The molecule has 3 amide bonds. The normalized spacial score (nSPS) is 14.5. The molecule has 4 rings (SSSR count). The molecule has 1 heterocycles. The first-order valence-corrected chi connectivity index (χ1v) is 9.84. The molecule has 0 spiro atoms. The van der Waals surface area contributed by atoms with Crippen molar-refractivity contribution in [3.8, 4) is 5.75 Å². The van der Waals surface area contributed by atoms with E-state index in [9.17, 15) is 19.7 Å². The van der Waals surface area contributed by atoms with Crippen LogP contribution in [-0.4, -0.2) is 21.8 Å². The van der Waals surface area contributed by atoms with Crippen LogP contribution in [0.15, 0.2) is 84.6 Å². The van der Waals surface area contributed by atoms with Gasteiger partial charge in [-0.05, 0) is 47.0 Å². The topological polar surface area (TPSA) is 102 Å². The maximum atomic E-state index is 12.7. The number of rotatable bonds is 7. The van der Waals surface area contributed by atoms with E-state index in [2.05, 4.69) is 5.32 Å². The summed E-state index contributed by atoms with van der Waals surface area (Å²) in [5.41, 5.74) is 2.55. The predicted octanol–water partition coefficient (Wildman–Crippen LogP) is 4.27. The summed E-state index contributed by atoms with van der Waals surface area (Å²) >= 11 is 0. The lowest BCUT2D eigenvalue weighted by Gasteiger charge is -2.11. The number of hydrogen-bond acceptors (Lipinski definition) is 5. The van der Waals surface area contributed by atoms with Gasteiger partial charge in [-0.15, -0.1) is 0 Å². The Morgan fingerprint density at radius 2 is 1.69 bits per heavy atom. The highest BCUT2D eigenvalue weighted by atomic mass is 16.6. The Balaban J connectivity index is 1.43. The van der Waals surface area contributed by atoms with E-state index in [1.54, 1.807) is 42.5 Å². The Hall–Kier alpha value is -4.46. The van der Waals surface area contributed by atoms with Gasteiger partial charge in [0, 0.05) is 12.1 Å².